The van der Waals surface area contributed by atoms with Gasteiger partial charge in [-0.25, -0.2) is 9.78 Å². The molecule has 1 fully saturated rings. The maximum atomic E-state index is 12.6. The highest BCUT2D eigenvalue weighted by Gasteiger charge is 2.29. The lowest BCUT2D eigenvalue weighted by atomic mass is 9.93. The van der Waals surface area contributed by atoms with Crippen LogP contribution in [0.5, 0.6) is 0 Å². The van der Waals surface area contributed by atoms with Crippen LogP contribution in [0.15, 0.2) is 40.4 Å². The number of carboxylic acids is 1. The summed E-state index contributed by atoms with van der Waals surface area (Å²) in [5.41, 5.74) is 2.06. The van der Waals surface area contributed by atoms with E-state index in [-0.39, 0.29) is 22.9 Å². The summed E-state index contributed by atoms with van der Waals surface area (Å²) in [4.78, 5) is 38.7. The predicted octanol–water partition coefficient (Wildman–Crippen LogP) is 4.05. The molecule has 1 N–H and O–H groups in total. The van der Waals surface area contributed by atoms with Crippen LogP contribution in [0.1, 0.15) is 68.5 Å². The second-order valence-corrected chi connectivity index (χ2v) is 10.1. The molecule has 11 nitrogen and oxygen atoms in total. The van der Waals surface area contributed by atoms with Crippen molar-refractivity contribution in [2.24, 2.45) is 12.2 Å². The first-order valence-electron chi connectivity index (χ1n) is 12.9. The number of fused-ring (bicyclic) bond motifs is 1. The van der Waals surface area contributed by atoms with Gasteiger partial charge in [-0.2, -0.15) is 10.5 Å². The van der Waals surface area contributed by atoms with Crippen molar-refractivity contribution in [2.45, 2.75) is 64.5 Å². The fourth-order valence-electron chi connectivity index (χ4n) is 4.44. The second kappa shape index (κ2) is 12.9. The van der Waals surface area contributed by atoms with E-state index in [0.717, 1.165) is 36.9 Å². The summed E-state index contributed by atoms with van der Waals surface area (Å²) in [6.45, 7) is 4.70. The molecule has 1 aliphatic carbocycles. The Morgan fingerprint density at radius 2 is 1.93 bits per heavy atom. The number of rotatable bonds is 6. The average Bonchev–Trinajstić information content (AvgIpc) is 2.95. The van der Waals surface area contributed by atoms with Gasteiger partial charge in [-0.05, 0) is 57.9 Å². The number of aryl methyl sites for hydroxylation is 2. The van der Waals surface area contributed by atoms with Gasteiger partial charge in [-0.3, -0.25) is 9.78 Å². The molecule has 208 valence electrons. The van der Waals surface area contributed by atoms with Crippen molar-refractivity contribution in [1.29, 1.82) is 10.5 Å². The first-order chi connectivity index (χ1) is 19.0. The summed E-state index contributed by atoms with van der Waals surface area (Å²) in [6, 6.07) is 11.3. The van der Waals surface area contributed by atoms with Gasteiger partial charge in [0.05, 0.1) is 17.4 Å². The molecule has 0 amide bonds. The van der Waals surface area contributed by atoms with Crippen LogP contribution < -0.4 is 10.5 Å². The Balaban J connectivity index is 0.000000241. The number of pyridine rings is 3. The predicted molar refractivity (Wildman–Crippen MR) is 151 cm³/mol. The highest BCUT2D eigenvalue weighted by Crippen LogP contribution is 2.32. The molecule has 0 spiro atoms. The molecule has 4 rings (SSSR count). The van der Waals surface area contributed by atoms with Crippen LogP contribution >= 0.6 is 0 Å². The number of oxime groups is 1. The van der Waals surface area contributed by atoms with E-state index in [0.29, 0.717) is 16.7 Å². The molecule has 0 bridgehead atoms. The maximum absolute atomic E-state index is 12.6. The number of anilines is 1. The third kappa shape index (κ3) is 6.62. The lowest BCUT2D eigenvalue weighted by molar-refractivity contribution is -0.161. The lowest BCUT2D eigenvalue weighted by Crippen LogP contribution is -2.36. The summed E-state index contributed by atoms with van der Waals surface area (Å²) in [6.07, 6.45) is 8.73. The summed E-state index contributed by atoms with van der Waals surface area (Å²) >= 11 is 0. The van der Waals surface area contributed by atoms with Crippen molar-refractivity contribution in [1.82, 2.24) is 14.5 Å². The molecule has 3 heterocycles. The van der Waals surface area contributed by atoms with Crippen LogP contribution in [0.2, 0.25) is 0 Å². The van der Waals surface area contributed by atoms with Crippen LogP contribution in [-0.4, -0.2) is 50.5 Å². The Morgan fingerprint density at radius 1 is 1.23 bits per heavy atom. The maximum Gasteiger partial charge on any atom is 0.350 e. The van der Waals surface area contributed by atoms with Crippen LogP contribution in [0, 0.1) is 29.6 Å². The summed E-state index contributed by atoms with van der Waals surface area (Å²) in [7, 11) is 3.55. The molecule has 1 aliphatic rings. The summed E-state index contributed by atoms with van der Waals surface area (Å²) in [5, 5.41) is 31.2. The van der Waals surface area contributed by atoms with Crippen molar-refractivity contribution < 1.29 is 14.7 Å². The monoisotopic (exact) mass is 543 g/mol. The van der Waals surface area contributed by atoms with Crippen molar-refractivity contribution >= 4 is 28.9 Å². The zero-order valence-corrected chi connectivity index (χ0v) is 23.4. The van der Waals surface area contributed by atoms with Crippen molar-refractivity contribution in [3.63, 3.8) is 0 Å². The van der Waals surface area contributed by atoms with E-state index in [1.165, 1.54) is 31.0 Å². The number of hydrogen-bond acceptors (Lipinski definition) is 9. The van der Waals surface area contributed by atoms with Gasteiger partial charge in [-0.15, -0.1) is 0 Å². The number of nitrogens with zero attached hydrogens (tertiary/aromatic N) is 7. The smallest absolute Gasteiger partial charge is 0.350 e. The van der Waals surface area contributed by atoms with Crippen molar-refractivity contribution in [3.05, 3.63) is 63.3 Å². The van der Waals surface area contributed by atoms with Crippen LogP contribution in [0.25, 0.3) is 11.0 Å². The molecule has 0 saturated heterocycles. The molecule has 0 aromatic carbocycles. The van der Waals surface area contributed by atoms with Gasteiger partial charge in [0.1, 0.15) is 28.9 Å². The Labute approximate surface area is 233 Å². The minimum atomic E-state index is -1.33. The number of aromatic nitrogens is 3. The van der Waals surface area contributed by atoms with Gasteiger partial charge in [0.25, 0.3) is 5.56 Å². The normalized spacial score (nSPS) is 13.7. The van der Waals surface area contributed by atoms with Gasteiger partial charge >= 0.3 is 5.97 Å². The topological polar surface area (TPSA) is 157 Å². The zero-order valence-electron chi connectivity index (χ0n) is 23.4. The molecule has 0 unspecified atom stereocenters. The summed E-state index contributed by atoms with van der Waals surface area (Å²) < 4.78 is 1.43. The van der Waals surface area contributed by atoms with Gasteiger partial charge in [0, 0.05) is 37.6 Å². The Morgan fingerprint density at radius 3 is 2.52 bits per heavy atom. The minimum absolute atomic E-state index is 0.0978. The molecular formula is C29H33N7O4. The molecule has 1 saturated carbocycles. The molecule has 0 radical (unpaired) electrons. The van der Waals surface area contributed by atoms with Gasteiger partial charge in [-0.1, -0.05) is 24.4 Å². The number of nitriles is 2. The summed E-state index contributed by atoms with van der Waals surface area (Å²) in [5.74, 6) is -1.06. The van der Waals surface area contributed by atoms with Crippen LogP contribution in [0.3, 0.4) is 0 Å². The Bertz CT molecular complexity index is 1560. The van der Waals surface area contributed by atoms with Crippen LogP contribution in [-0.2, 0) is 16.7 Å². The first kappa shape index (κ1) is 29.8. The van der Waals surface area contributed by atoms with E-state index in [2.05, 4.69) is 21.2 Å². The van der Waals surface area contributed by atoms with Crippen LogP contribution in [0.4, 0.5) is 5.69 Å². The Hall–Kier alpha value is -4.77. The molecule has 11 heteroatoms. The third-order valence-electron chi connectivity index (χ3n) is 6.95. The Kier molecular flexibility index (Phi) is 9.57. The van der Waals surface area contributed by atoms with Gasteiger partial charge in [0.2, 0.25) is 5.60 Å². The largest absolute Gasteiger partial charge is 0.478 e. The molecule has 3 aromatic rings. The SMILES string of the molecule is CN(c1c(C#N)c(=O)n(C)c2ccc(C#N)nc12)C1CCCCC1.Cc1ncccc1/C=N\OC(C)(C)C(=O)O. The van der Waals surface area contributed by atoms with E-state index in [9.17, 15) is 14.9 Å². The third-order valence-corrected chi connectivity index (χ3v) is 6.95. The molecule has 0 aliphatic heterocycles. The van der Waals surface area contributed by atoms with E-state index in [1.54, 1.807) is 31.4 Å². The number of carboxylic acid groups (broad SMARTS) is 1. The van der Waals surface area contributed by atoms with E-state index >= 15 is 0 Å². The number of carbonyl (C=O) groups is 1. The van der Waals surface area contributed by atoms with Gasteiger partial charge < -0.3 is 19.4 Å². The first-order valence-corrected chi connectivity index (χ1v) is 12.9. The van der Waals surface area contributed by atoms with Crippen molar-refractivity contribution in [2.75, 3.05) is 11.9 Å². The molecule has 40 heavy (non-hydrogen) atoms. The van der Waals surface area contributed by atoms with E-state index in [1.807, 2.05) is 31.0 Å². The molecular weight excluding hydrogens is 510 g/mol. The average molecular weight is 544 g/mol. The van der Waals surface area contributed by atoms with Crippen molar-refractivity contribution in [3.8, 4) is 12.1 Å². The molecule has 3 aromatic heterocycles. The standard InChI is InChI=1S/C18H19N5O.C11H14N2O3/c1-22(13-6-4-3-5-7-13)17-14(11-20)18(24)23(2)15-9-8-12(10-19)21-16(15)17;1-8-9(5-4-6-12-8)7-13-16-11(2,3)10(14)15/h8-9,13H,3-7H2,1-2H3;4-7H,1-3H3,(H,14,15)/b;13-7-. The quantitative estimate of drug-likeness (QED) is 0.358. The number of hydrogen-bond donors (Lipinski definition) is 1. The highest BCUT2D eigenvalue weighted by atomic mass is 16.7. The highest BCUT2D eigenvalue weighted by molar-refractivity contribution is 5.92. The fraction of sp³-hybridized carbons (Fsp3) is 0.414. The van der Waals surface area contributed by atoms with E-state index in [4.69, 9.17) is 15.2 Å². The fourth-order valence-corrected chi connectivity index (χ4v) is 4.44. The van der Waals surface area contributed by atoms with Gasteiger partial charge in [0.15, 0.2) is 0 Å². The molecule has 0 atom stereocenters. The number of aliphatic carboxylic acids is 1. The zero-order chi connectivity index (χ0) is 29.4. The minimum Gasteiger partial charge on any atom is -0.478 e. The van der Waals surface area contributed by atoms with E-state index < -0.39 is 11.6 Å². The second-order valence-electron chi connectivity index (χ2n) is 10.1. The lowest BCUT2D eigenvalue weighted by Gasteiger charge is -2.33.